The maximum atomic E-state index is 14.7. The van der Waals surface area contributed by atoms with Gasteiger partial charge in [0.15, 0.2) is 0 Å². The third kappa shape index (κ3) is 7.70. The minimum atomic E-state index is -0.385. The fourth-order valence-corrected chi connectivity index (χ4v) is 5.04. The minimum absolute atomic E-state index is 0.385. The van der Waals surface area contributed by atoms with Gasteiger partial charge in [0.2, 0.25) is 5.95 Å². The van der Waals surface area contributed by atoms with Crippen LogP contribution < -0.4 is 0 Å². The molecule has 1 fully saturated rings. The molecule has 0 spiro atoms. The van der Waals surface area contributed by atoms with Crippen molar-refractivity contribution in [1.82, 2.24) is 9.97 Å². The van der Waals surface area contributed by atoms with Crippen molar-refractivity contribution in [2.45, 2.75) is 104 Å². The lowest BCUT2D eigenvalue weighted by molar-refractivity contribution is 0.251. The second-order valence-corrected chi connectivity index (χ2v) is 9.57. The van der Waals surface area contributed by atoms with Crippen LogP contribution in [0.4, 0.5) is 4.39 Å². The second-order valence-electron chi connectivity index (χ2n) is 9.57. The molecule has 0 amide bonds. The molecule has 31 heavy (non-hydrogen) atoms. The highest BCUT2D eigenvalue weighted by molar-refractivity contribution is 5.62. The minimum Gasteiger partial charge on any atom is -0.241 e. The van der Waals surface area contributed by atoms with Gasteiger partial charge in [-0.1, -0.05) is 102 Å². The molecule has 0 N–H and O–H groups in total. The summed E-state index contributed by atoms with van der Waals surface area (Å²) in [7, 11) is 0. The van der Waals surface area contributed by atoms with Crippen molar-refractivity contribution < 1.29 is 4.39 Å². The van der Waals surface area contributed by atoms with Crippen LogP contribution in [0.1, 0.15) is 102 Å². The van der Waals surface area contributed by atoms with Gasteiger partial charge in [-0.15, -0.1) is 0 Å². The summed E-state index contributed by atoms with van der Waals surface area (Å²) in [5.74, 6) is 1.96. The van der Waals surface area contributed by atoms with Crippen LogP contribution in [0.5, 0.6) is 0 Å². The smallest absolute Gasteiger partial charge is 0.224 e. The Hall–Kier alpha value is -1.77. The summed E-state index contributed by atoms with van der Waals surface area (Å²) in [6.45, 7) is 4.53. The van der Waals surface area contributed by atoms with Gasteiger partial charge in [0, 0.05) is 12.6 Å². The number of unbranched alkanes of at least 4 members (excludes halogenated alkanes) is 4. The molecule has 0 saturated heterocycles. The Morgan fingerprint density at radius 1 is 0.806 bits per heavy atom. The Morgan fingerprint density at radius 3 is 2.13 bits per heavy atom. The summed E-state index contributed by atoms with van der Waals surface area (Å²) in [6, 6.07) is 8.27. The fraction of sp³-hybridized carbons (Fsp3) is 0.643. The Morgan fingerprint density at radius 2 is 1.48 bits per heavy atom. The summed E-state index contributed by atoms with van der Waals surface area (Å²) in [4.78, 5) is 8.70. The van der Waals surface area contributed by atoms with Gasteiger partial charge in [0.05, 0.1) is 5.56 Å². The van der Waals surface area contributed by atoms with E-state index in [1.54, 1.807) is 6.20 Å². The molecule has 2 nitrogen and oxygen atoms in total. The van der Waals surface area contributed by atoms with Gasteiger partial charge in [-0.3, -0.25) is 0 Å². The first-order valence-corrected chi connectivity index (χ1v) is 12.8. The molecule has 0 unspecified atom stereocenters. The lowest BCUT2D eigenvalue weighted by Gasteiger charge is -2.28. The number of hydrogen-bond acceptors (Lipinski definition) is 2. The lowest BCUT2D eigenvalue weighted by Crippen LogP contribution is -2.15. The van der Waals surface area contributed by atoms with Crippen LogP contribution in [-0.2, 0) is 12.8 Å². The molecule has 2 aromatic rings. The van der Waals surface area contributed by atoms with Gasteiger partial charge < -0.3 is 0 Å². The zero-order chi connectivity index (χ0) is 21.9. The van der Waals surface area contributed by atoms with E-state index in [-0.39, 0.29) is 5.95 Å². The zero-order valence-electron chi connectivity index (χ0n) is 19.7. The van der Waals surface area contributed by atoms with Crippen molar-refractivity contribution in [3.05, 3.63) is 47.8 Å². The van der Waals surface area contributed by atoms with Gasteiger partial charge in [0.1, 0.15) is 5.82 Å². The first-order chi connectivity index (χ1) is 15.2. The molecule has 1 aliphatic rings. The Balaban J connectivity index is 1.48. The summed E-state index contributed by atoms with van der Waals surface area (Å²) in [5, 5.41) is 0. The zero-order valence-corrected chi connectivity index (χ0v) is 19.7. The molecule has 1 aliphatic carbocycles. The van der Waals surface area contributed by atoms with Gasteiger partial charge in [-0.05, 0) is 42.2 Å². The quantitative estimate of drug-likeness (QED) is 0.253. The average molecular weight is 425 g/mol. The molecule has 3 rings (SSSR count). The molecule has 0 radical (unpaired) electrons. The number of hydrogen-bond donors (Lipinski definition) is 0. The molecular weight excluding hydrogens is 383 g/mol. The van der Waals surface area contributed by atoms with E-state index in [0.717, 1.165) is 36.7 Å². The SMILES string of the molecule is CCCCCCCc1ccc(-c2cnc(CCC3CCC(CCC)CC3)nc2F)cc1. The first kappa shape index (κ1) is 23.9. The molecule has 0 bridgehead atoms. The Bertz CT molecular complexity index is 763. The molecule has 1 aromatic heterocycles. The molecule has 1 aromatic carbocycles. The van der Waals surface area contributed by atoms with E-state index >= 15 is 0 Å². The van der Waals surface area contributed by atoms with Crippen LogP contribution >= 0.6 is 0 Å². The van der Waals surface area contributed by atoms with Crippen molar-refractivity contribution in [3.63, 3.8) is 0 Å². The third-order valence-corrected chi connectivity index (χ3v) is 7.07. The third-order valence-electron chi connectivity index (χ3n) is 7.07. The topological polar surface area (TPSA) is 25.8 Å². The Labute approximate surface area is 189 Å². The van der Waals surface area contributed by atoms with E-state index in [1.807, 2.05) is 12.1 Å². The van der Waals surface area contributed by atoms with Crippen molar-refractivity contribution in [2.24, 2.45) is 11.8 Å². The highest BCUT2D eigenvalue weighted by Crippen LogP contribution is 2.33. The molecule has 170 valence electrons. The number of aryl methyl sites for hydroxylation is 2. The second kappa shape index (κ2) is 12.9. The number of aromatic nitrogens is 2. The molecule has 1 heterocycles. The average Bonchev–Trinajstić information content (AvgIpc) is 2.79. The van der Waals surface area contributed by atoms with Gasteiger partial charge in [-0.2, -0.15) is 4.39 Å². The van der Waals surface area contributed by atoms with E-state index in [0.29, 0.717) is 11.4 Å². The predicted molar refractivity (Wildman–Crippen MR) is 129 cm³/mol. The molecular formula is C28H41FN2. The standard InChI is InChI=1S/C28H41FN2/c1-3-5-6-7-8-10-23-15-18-25(19-16-23)26-21-30-27(31-28(26)29)20-17-24-13-11-22(9-4-2)12-14-24/h15-16,18-19,21-22,24H,3-14,17,20H2,1-2H3. The first-order valence-electron chi connectivity index (χ1n) is 12.8. The normalized spacial score (nSPS) is 18.9. The summed E-state index contributed by atoms with van der Waals surface area (Å²) in [6.07, 6.45) is 19.1. The molecule has 0 atom stereocenters. The van der Waals surface area contributed by atoms with Gasteiger partial charge in [0.25, 0.3) is 0 Å². The molecule has 1 saturated carbocycles. The number of nitrogens with zero attached hydrogens (tertiary/aromatic N) is 2. The van der Waals surface area contributed by atoms with Crippen LogP contribution in [0.3, 0.4) is 0 Å². The van der Waals surface area contributed by atoms with E-state index in [1.165, 1.54) is 76.2 Å². The number of benzene rings is 1. The number of halogens is 1. The van der Waals surface area contributed by atoms with E-state index < -0.39 is 0 Å². The number of rotatable bonds is 12. The lowest BCUT2D eigenvalue weighted by atomic mass is 9.78. The van der Waals surface area contributed by atoms with Crippen molar-refractivity contribution in [2.75, 3.05) is 0 Å². The fourth-order valence-electron chi connectivity index (χ4n) is 5.04. The highest BCUT2D eigenvalue weighted by Gasteiger charge is 2.21. The van der Waals surface area contributed by atoms with E-state index in [2.05, 4.69) is 35.9 Å². The Kier molecular flexibility index (Phi) is 9.96. The maximum absolute atomic E-state index is 14.7. The largest absolute Gasteiger partial charge is 0.241 e. The van der Waals surface area contributed by atoms with Gasteiger partial charge in [-0.25, -0.2) is 9.97 Å². The summed E-state index contributed by atoms with van der Waals surface area (Å²) in [5.41, 5.74) is 2.71. The van der Waals surface area contributed by atoms with E-state index in [9.17, 15) is 4.39 Å². The van der Waals surface area contributed by atoms with Crippen LogP contribution in [-0.4, -0.2) is 9.97 Å². The van der Waals surface area contributed by atoms with Crippen molar-refractivity contribution in [3.8, 4) is 11.1 Å². The maximum Gasteiger partial charge on any atom is 0.224 e. The van der Waals surface area contributed by atoms with Gasteiger partial charge >= 0.3 is 0 Å². The molecule has 0 aliphatic heterocycles. The van der Waals surface area contributed by atoms with E-state index in [4.69, 9.17) is 0 Å². The van der Waals surface area contributed by atoms with Crippen LogP contribution in [0.25, 0.3) is 11.1 Å². The van der Waals surface area contributed by atoms with Crippen LogP contribution in [0.15, 0.2) is 30.5 Å². The monoisotopic (exact) mass is 424 g/mol. The molecule has 3 heteroatoms. The predicted octanol–water partition coefficient (Wildman–Crippen LogP) is 8.33. The summed E-state index contributed by atoms with van der Waals surface area (Å²) < 4.78 is 14.7. The van der Waals surface area contributed by atoms with Crippen molar-refractivity contribution in [1.29, 1.82) is 0 Å². The highest BCUT2D eigenvalue weighted by atomic mass is 19.1. The van der Waals surface area contributed by atoms with Crippen LogP contribution in [0, 0.1) is 17.8 Å². The van der Waals surface area contributed by atoms with Crippen molar-refractivity contribution >= 4 is 0 Å². The summed E-state index contributed by atoms with van der Waals surface area (Å²) >= 11 is 0. The van der Waals surface area contributed by atoms with Crippen LogP contribution in [0.2, 0.25) is 0 Å².